The summed E-state index contributed by atoms with van der Waals surface area (Å²) in [5.41, 5.74) is 5.87. The third-order valence-electron chi connectivity index (χ3n) is 7.29. The first kappa shape index (κ1) is 18.7. The van der Waals surface area contributed by atoms with Crippen LogP contribution in [0, 0.1) is 0 Å². The molecule has 0 aromatic heterocycles. The number of hydrogen-bond acceptors (Lipinski definition) is 3. The molecule has 1 unspecified atom stereocenters. The lowest BCUT2D eigenvalue weighted by atomic mass is 9.66. The smallest absolute Gasteiger partial charge is 0.0642 e. The van der Waals surface area contributed by atoms with E-state index in [4.69, 9.17) is 4.74 Å². The van der Waals surface area contributed by atoms with E-state index in [1.54, 1.807) is 5.56 Å². The zero-order valence-corrected chi connectivity index (χ0v) is 17.5. The number of ether oxygens (including phenoxy) is 1. The highest BCUT2D eigenvalue weighted by atomic mass is 16.5. The van der Waals surface area contributed by atoms with Gasteiger partial charge in [-0.3, -0.25) is 0 Å². The van der Waals surface area contributed by atoms with Crippen molar-refractivity contribution in [2.24, 2.45) is 0 Å². The maximum absolute atomic E-state index is 5.47. The molecule has 1 saturated carbocycles. The van der Waals surface area contributed by atoms with Crippen molar-refractivity contribution in [3.8, 4) is 0 Å². The van der Waals surface area contributed by atoms with Crippen molar-refractivity contribution in [3.05, 3.63) is 65.7 Å². The van der Waals surface area contributed by atoms with E-state index in [0.29, 0.717) is 6.04 Å². The molecule has 152 valence electrons. The van der Waals surface area contributed by atoms with Crippen LogP contribution in [-0.2, 0) is 10.2 Å². The normalized spacial score (nSPS) is 23.7. The van der Waals surface area contributed by atoms with E-state index in [-0.39, 0.29) is 5.41 Å². The molecule has 0 amide bonds. The summed E-state index contributed by atoms with van der Waals surface area (Å²) in [4.78, 5) is 4.93. The average Bonchev–Trinajstić information content (AvgIpc) is 3.01. The van der Waals surface area contributed by atoms with Gasteiger partial charge in [-0.15, -0.1) is 0 Å². The number of morpholine rings is 1. The van der Waals surface area contributed by atoms with Crippen LogP contribution in [0.25, 0.3) is 6.08 Å². The zero-order valence-electron chi connectivity index (χ0n) is 17.5. The second kappa shape index (κ2) is 7.87. The van der Waals surface area contributed by atoms with E-state index in [2.05, 4.69) is 77.5 Å². The Morgan fingerprint density at radius 2 is 1.66 bits per heavy atom. The summed E-state index contributed by atoms with van der Waals surface area (Å²) in [7, 11) is 2.28. The number of likely N-dealkylation sites (N-methyl/N-ethyl adjacent to an activating group) is 1. The molecule has 29 heavy (non-hydrogen) atoms. The summed E-state index contributed by atoms with van der Waals surface area (Å²) in [5, 5.41) is 0. The van der Waals surface area contributed by atoms with Gasteiger partial charge < -0.3 is 14.5 Å². The predicted octanol–water partition coefficient (Wildman–Crippen LogP) is 5.26. The molecule has 0 bridgehead atoms. The Kier molecular flexibility index (Phi) is 5.09. The average molecular weight is 389 g/mol. The highest BCUT2D eigenvalue weighted by Crippen LogP contribution is 2.52. The predicted molar refractivity (Wildman–Crippen MR) is 122 cm³/mol. The Bertz CT molecular complexity index is 861. The van der Waals surface area contributed by atoms with Gasteiger partial charge in [-0.1, -0.05) is 61.7 Å². The van der Waals surface area contributed by atoms with Crippen molar-refractivity contribution in [1.82, 2.24) is 0 Å². The summed E-state index contributed by atoms with van der Waals surface area (Å²) in [6.07, 6.45) is 11.5. The van der Waals surface area contributed by atoms with Gasteiger partial charge >= 0.3 is 0 Å². The van der Waals surface area contributed by atoms with Crippen molar-refractivity contribution in [1.29, 1.82) is 0 Å². The molecule has 3 nitrogen and oxygen atoms in total. The molecule has 5 rings (SSSR count). The number of hydrogen-bond donors (Lipinski definition) is 0. The van der Waals surface area contributed by atoms with Crippen LogP contribution in [0.5, 0.6) is 0 Å². The highest BCUT2D eigenvalue weighted by Gasteiger charge is 2.48. The second-order valence-electron chi connectivity index (χ2n) is 8.84. The van der Waals surface area contributed by atoms with Gasteiger partial charge in [0.1, 0.15) is 0 Å². The topological polar surface area (TPSA) is 15.7 Å². The number of fused-ring (bicyclic) bond motifs is 2. The number of para-hydroxylation sites is 1. The molecule has 3 aliphatic rings. The molecule has 2 aromatic carbocycles. The zero-order chi connectivity index (χ0) is 19.7. The third kappa shape index (κ3) is 3.36. The van der Waals surface area contributed by atoms with E-state index in [9.17, 15) is 0 Å². The second-order valence-corrected chi connectivity index (χ2v) is 8.84. The van der Waals surface area contributed by atoms with E-state index in [0.717, 1.165) is 26.3 Å². The van der Waals surface area contributed by atoms with Crippen molar-refractivity contribution in [3.63, 3.8) is 0 Å². The molecule has 0 N–H and O–H groups in total. The molecular formula is C26H32N2O. The van der Waals surface area contributed by atoms with Crippen molar-refractivity contribution >= 4 is 17.5 Å². The van der Waals surface area contributed by atoms with Crippen LogP contribution in [0.3, 0.4) is 0 Å². The summed E-state index contributed by atoms with van der Waals surface area (Å²) in [6.45, 7) is 3.64. The largest absolute Gasteiger partial charge is 0.378 e. The minimum absolute atomic E-state index is 0.286. The first-order chi connectivity index (χ1) is 14.3. The minimum atomic E-state index is 0.286. The molecule has 1 aliphatic carbocycles. The van der Waals surface area contributed by atoms with Gasteiger partial charge in [0.15, 0.2) is 0 Å². The number of benzene rings is 2. The lowest BCUT2D eigenvalue weighted by Gasteiger charge is -2.40. The molecule has 2 aromatic rings. The van der Waals surface area contributed by atoms with Crippen LogP contribution in [0.1, 0.15) is 43.2 Å². The fourth-order valence-corrected chi connectivity index (χ4v) is 5.76. The SMILES string of the molecule is CN1c2ccccc2C2(CCCCC2)C1/C=C/c1ccc(N2CCOCC2)cc1. The van der Waals surface area contributed by atoms with Crippen LogP contribution < -0.4 is 9.80 Å². The van der Waals surface area contributed by atoms with Gasteiger partial charge in [-0.2, -0.15) is 0 Å². The lowest BCUT2D eigenvalue weighted by Crippen LogP contribution is -2.43. The molecule has 1 spiro atoms. The maximum atomic E-state index is 5.47. The number of rotatable bonds is 3. The summed E-state index contributed by atoms with van der Waals surface area (Å²) >= 11 is 0. The Labute approximate surface area is 175 Å². The number of nitrogens with zero attached hydrogens (tertiary/aromatic N) is 2. The summed E-state index contributed by atoms with van der Waals surface area (Å²) in [6, 6.07) is 18.6. The van der Waals surface area contributed by atoms with Crippen LogP contribution >= 0.6 is 0 Å². The summed E-state index contributed by atoms with van der Waals surface area (Å²) in [5.74, 6) is 0. The highest BCUT2D eigenvalue weighted by molar-refractivity contribution is 5.67. The van der Waals surface area contributed by atoms with E-state index >= 15 is 0 Å². The molecule has 3 heteroatoms. The van der Waals surface area contributed by atoms with Gasteiger partial charge in [0.2, 0.25) is 0 Å². The molecule has 2 heterocycles. The Hall–Kier alpha value is -2.26. The Morgan fingerprint density at radius 3 is 2.41 bits per heavy atom. The lowest BCUT2D eigenvalue weighted by molar-refractivity contribution is 0.122. The van der Waals surface area contributed by atoms with Crippen molar-refractivity contribution < 1.29 is 4.74 Å². The molecule has 2 fully saturated rings. The van der Waals surface area contributed by atoms with Crippen LogP contribution in [0.15, 0.2) is 54.6 Å². The minimum Gasteiger partial charge on any atom is -0.378 e. The van der Waals surface area contributed by atoms with Gasteiger partial charge in [-0.25, -0.2) is 0 Å². The van der Waals surface area contributed by atoms with E-state index in [1.165, 1.54) is 49.0 Å². The van der Waals surface area contributed by atoms with Gasteiger partial charge in [-0.05, 0) is 42.2 Å². The molecule has 1 atom stereocenters. The van der Waals surface area contributed by atoms with E-state index < -0.39 is 0 Å². The molecule has 1 saturated heterocycles. The Balaban J connectivity index is 1.39. The first-order valence-corrected chi connectivity index (χ1v) is 11.2. The monoisotopic (exact) mass is 388 g/mol. The Morgan fingerprint density at radius 1 is 0.931 bits per heavy atom. The molecule has 0 radical (unpaired) electrons. The van der Waals surface area contributed by atoms with Gasteiger partial charge in [0.05, 0.1) is 19.3 Å². The maximum Gasteiger partial charge on any atom is 0.0642 e. The molecular weight excluding hydrogens is 356 g/mol. The number of anilines is 2. The third-order valence-corrected chi connectivity index (χ3v) is 7.29. The standard InChI is InChI=1S/C26H32N2O/c1-27-24-8-4-3-7-23(24)26(15-5-2-6-16-26)25(27)14-11-21-9-12-22(13-10-21)28-17-19-29-20-18-28/h3-4,7-14,25H,2,5-6,15-20H2,1H3/b14-11+. The van der Waals surface area contributed by atoms with Crippen LogP contribution in [0.4, 0.5) is 11.4 Å². The quantitative estimate of drug-likeness (QED) is 0.714. The first-order valence-electron chi connectivity index (χ1n) is 11.2. The van der Waals surface area contributed by atoms with Crippen molar-refractivity contribution in [2.45, 2.75) is 43.6 Å². The molecule has 2 aliphatic heterocycles. The van der Waals surface area contributed by atoms with Gasteiger partial charge in [0, 0.05) is 36.9 Å². The van der Waals surface area contributed by atoms with Gasteiger partial charge in [0.25, 0.3) is 0 Å². The summed E-state index contributed by atoms with van der Waals surface area (Å²) < 4.78 is 5.47. The van der Waals surface area contributed by atoms with E-state index in [1.807, 2.05) is 0 Å². The van der Waals surface area contributed by atoms with Crippen LogP contribution in [-0.4, -0.2) is 39.4 Å². The fraction of sp³-hybridized carbons (Fsp3) is 0.462. The fourth-order valence-electron chi connectivity index (χ4n) is 5.76. The van der Waals surface area contributed by atoms with Crippen molar-refractivity contribution in [2.75, 3.05) is 43.2 Å². The van der Waals surface area contributed by atoms with Crippen LogP contribution in [0.2, 0.25) is 0 Å².